The van der Waals surface area contributed by atoms with Crippen molar-refractivity contribution in [1.29, 1.82) is 0 Å². The molecule has 8 rings (SSSR count). The van der Waals surface area contributed by atoms with E-state index in [9.17, 15) is 0 Å². The van der Waals surface area contributed by atoms with E-state index in [1.807, 2.05) is 0 Å². The van der Waals surface area contributed by atoms with Gasteiger partial charge in [0.15, 0.2) is 0 Å². The van der Waals surface area contributed by atoms with Crippen molar-refractivity contribution >= 4 is 0 Å². The molecule has 0 amide bonds. The molecule has 0 spiro atoms. The van der Waals surface area contributed by atoms with Gasteiger partial charge in [0, 0.05) is 18.4 Å². The van der Waals surface area contributed by atoms with Crippen molar-refractivity contribution < 1.29 is 4.70 Å². The van der Waals surface area contributed by atoms with E-state index in [4.69, 9.17) is 0 Å². The van der Waals surface area contributed by atoms with E-state index in [0.717, 1.165) is 30.1 Å². The van der Waals surface area contributed by atoms with Crippen LogP contribution in [0.4, 0.5) is 0 Å². The van der Waals surface area contributed by atoms with Gasteiger partial charge >= 0.3 is 0 Å². The van der Waals surface area contributed by atoms with Gasteiger partial charge in [-0.05, 0) is 19.3 Å². The molecule has 0 aromatic carbocycles. The summed E-state index contributed by atoms with van der Waals surface area (Å²) in [4.78, 5) is 0. The summed E-state index contributed by atoms with van der Waals surface area (Å²) in [5.41, 5.74) is 0.633. The Bertz CT molecular complexity index is 437. The van der Waals surface area contributed by atoms with Crippen LogP contribution >= 0.6 is 0 Å². The zero-order valence-electron chi connectivity index (χ0n) is 10.7. The number of hydrazine groups is 1. The van der Waals surface area contributed by atoms with Crippen LogP contribution in [-0.4, -0.2) is 57.7 Å². The van der Waals surface area contributed by atoms with Crippen LogP contribution in [-0.2, 0) is 0 Å². The maximum atomic E-state index is 2.82. The van der Waals surface area contributed by atoms with Crippen molar-refractivity contribution in [1.82, 2.24) is 15.1 Å². The van der Waals surface area contributed by atoms with E-state index in [0.29, 0.717) is 5.41 Å². The Hall–Kier alpha value is -0.160. The fourth-order valence-corrected chi connectivity index (χ4v) is 7.33. The number of fused-ring (bicyclic) bond motifs is 2. The molecule has 1 unspecified atom stereocenters. The maximum Gasteiger partial charge on any atom is 0.134 e. The second-order valence-corrected chi connectivity index (χ2v) is 7.53. The van der Waals surface area contributed by atoms with E-state index in [2.05, 4.69) is 29.1 Å². The molecular formula is C13H21N4+. The van der Waals surface area contributed by atoms with Crippen LogP contribution in [0.3, 0.4) is 0 Å². The number of hydrogen-bond donors (Lipinski definition) is 0. The van der Waals surface area contributed by atoms with E-state index in [1.54, 1.807) is 0 Å². The van der Waals surface area contributed by atoms with Gasteiger partial charge in [-0.25, -0.2) is 0 Å². The number of quaternary nitrogens is 1. The summed E-state index contributed by atoms with van der Waals surface area (Å²) in [6.45, 7) is 3.87. The van der Waals surface area contributed by atoms with E-state index in [-0.39, 0.29) is 0 Å². The van der Waals surface area contributed by atoms with Gasteiger partial charge in [-0.15, -0.1) is 5.01 Å². The summed E-state index contributed by atoms with van der Waals surface area (Å²) in [6, 6.07) is 3.52. The standard InChI is InChI=1S/C13H21N4/c1-13-10-5-3-8-12(13)9-4-6-11(13)17(2)15(9)7-14(8)16(10)17/h8-12H,3-7H2,1-2H3/q+1/t8-,9+,10+,11-,12+,13+,17?/m1/s1. The molecule has 7 atom stereocenters. The summed E-state index contributed by atoms with van der Waals surface area (Å²) in [6.07, 6.45) is 5.87. The van der Waals surface area contributed by atoms with Crippen LogP contribution in [0.2, 0.25) is 0 Å². The van der Waals surface area contributed by atoms with Gasteiger partial charge in [0.2, 0.25) is 0 Å². The fourth-order valence-electron chi connectivity index (χ4n) is 7.33. The smallest absolute Gasteiger partial charge is 0.134 e. The maximum absolute atomic E-state index is 2.82. The van der Waals surface area contributed by atoms with Crippen LogP contribution in [0.25, 0.3) is 0 Å². The SMILES string of the molecule is C[C@]12[C@H]3[C@H]4CC[C@@H]1N1N4CN4[C@H]3CC[C@H]2[N+]41C. The third-order valence-electron chi connectivity index (χ3n) is 7.58. The highest BCUT2D eigenvalue weighted by Gasteiger charge is 2.87. The summed E-state index contributed by atoms with van der Waals surface area (Å²) in [5.74, 6) is 0.985. The highest BCUT2D eigenvalue weighted by atomic mass is 16.2. The van der Waals surface area contributed by atoms with Crippen molar-refractivity contribution in [3.05, 3.63) is 0 Å². The normalized spacial score (nSPS) is 71.3. The number of nitrogens with zero attached hydrogens (tertiary/aromatic N) is 4. The predicted molar refractivity (Wildman–Crippen MR) is 61.8 cm³/mol. The average Bonchev–Trinajstić information content (AvgIpc) is 2.73. The fraction of sp³-hybridized carbons (Fsp3) is 1.00. The molecular weight excluding hydrogens is 212 g/mol. The molecule has 17 heavy (non-hydrogen) atoms. The monoisotopic (exact) mass is 233 g/mol. The van der Waals surface area contributed by atoms with Gasteiger partial charge in [-0.3, -0.25) is 0 Å². The lowest BCUT2D eigenvalue weighted by Gasteiger charge is -2.64. The minimum atomic E-state index is 0.633. The Labute approximate surface area is 102 Å². The van der Waals surface area contributed by atoms with Crippen LogP contribution in [0.15, 0.2) is 0 Å². The number of rotatable bonds is 0. The Morgan fingerprint density at radius 1 is 1.12 bits per heavy atom. The molecule has 7 bridgehead atoms. The first-order valence-electron chi connectivity index (χ1n) is 7.38. The highest BCUT2D eigenvalue weighted by molar-refractivity contribution is 5.20. The zero-order valence-corrected chi connectivity index (χ0v) is 10.7. The molecule has 2 aliphatic carbocycles. The molecule has 0 N–H and O–H groups in total. The summed E-state index contributed by atoms with van der Waals surface area (Å²) >= 11 is 0. The van der Waals surface area contributed by atoms with Gasteiger partial charge in [0.05, 0.1) is 17.5 Å². The Balaban J connectivity index is 1.75. The lowest BCUT2D eigenvalue weighted by Crippen LogP contribution is -2.78. The Morgan fingerprint density at radius 3 is 2.82 bits per heavy atom. The largest absolute Gasteiger partial charge is 0.172 e. The van der Waals surface area contributed by atoms with Gasteiger partial charge in [-0.1, -0.05) is 12.0 Å². The van der Waals surface area contributed by atoms with Gasteiger partial charge < -0.3 is 0 Å². The molecule has 6 saturated heterocycles. The van der Waals surface area contributed by atoms with Gasteiger partial charge in [0.1, 0.15) is 19.8 Å². The van der Waals surface area contributed by atoms with Crippen LogP contribution < -0.4 is 0 Å². The van der Waals surface area contributed by atoms with Gasteiger partial charge in [-0.2, -0.15) is 9.71 Å². The van der Waals surface area contributed by atoms with Crippen LogP contribution in [0.1, 0.15) is 32.6 Å². The second kappa shape index (κ2) is 2.09. The molecule has 0 aromatic rings. The molecule has 4 nitrogen and oxygen atoms in total. The Morgan fingerprint density at radius 2 is 1.94 bits per heavy atom. The molecule has 6 aliphatic heterocycles. The van der Waals surface area contributed by atoms with E-state index >= 15 is 0 Å². The molecule has 0 aromatic heterocycles. The lowest BCUT2D eigenvalue weighted by molar-refractivity contribution is -1.12. The Kier molecular flexibility index (Phi) is 1.09. The molecule has 8 fully saturated rings. The second-order valence-electron chi connectivity index (χ2n) is 7.53. The zero-order chi connectivity index (χ0) is 11.2. The van der Waals surface area contributed by atoms with Gasteiger partial charge in [0.25, 0.3) is 0 Å². The molecule has 4 heteroatoms. The van der Waals surface area contributed by atoms with Crippen molar-refractivity contribution in [2.24, 2.45) is 11.3 Å². The molecule has 8 aliphatic rings. The first-order chi connectivity index (χ1) is 8.18. The third-order valence-corrected chi connectivity index (χ3v) is 7.58. The van der Waals surface area contributed by atoms with Crippen LogP contribution in [0, 0.1) is 11.3 Å². The lowest BCUT2D eigenvalue weighted by atomic mass is 9.51. The van der Waals surface area contributed by atoms with E-state index in [1.165, 1.54) is 37.1 Å². The summed E-state index contributed by atoms with van der Waals surface area (Å²) in [7, 11) is 2.50. The highest BCUT2D eigenvalue weighted by Crippen LogP contribution is 2.72. The third kappa shape index (κ3) is 0.556. The summed E-state index contributed by atoms with van der Waals surface area (Å²) < 4.78 is 1.17. The molecule has 2 saturated carbocycles. The van der Waals surface area contributed by atoms with Crippen molar-refractivity contribution in [2.75, 3.05) is 13.7 Å². The average molecular weight is 233 g/mol. The first kappa shape index (κ1) is 8.86. The van der Waals surface area contributed by atoms with Crippen molar-refractivity contribution in [3.63, 3.8) is 0 Å². The minimum absolute atomic E-state index is 0.633. The van der Waals surface area contributed by atoms with E-state index < -0.39 is 0 Å². The van der Waals surface area contributed by atoms with Crippen molar-refractivity contribution in [3.8, 4) is 0 Å². The topological polar surface area (TPSA) is 9.72 Å². The quantitative estimate of drug-likeness (QED) is 0.573. The van der Waals surface area contributed by atoms with Crippen molar-refractivity contribution in [2.45, 2.75) is 56.8 Å². The van der Waals surface area contributed by atoms with Crippen LogP contribution in [0.5, 0.6) is 0 Å². The molecule has 92 valence electrons. The molecule has 0 radical (unpaired) electrons. The predicted octanol–water partition coefficient (Wildman–Crippen LogP) is 0.780. The number of hydrogen-bond acceptors (Lipinski definition) is 3. The summed E-state index contributed by atoms with van der Waals surface area (Å²) in [5, 5.41) is 8.37. The molecule has 6 heterocycles. The minimum Gasteiger partial charge on any atom is -0.172 e. The first-order valence-corrected chi connectivity index (χ1v) is 7.38.